The molecule has 0 saturated heterocycles. The molecule has 96 heavy (non-hydrogen) atoms. The van der Waals surface area contributed by atoms with Crippen molar-refractivity contribution in [3.63, 3.8) is 0 Å². The predicted molar refractivity (Wildman–Crippen MR) is 350 cm³/mol. The minimum Gasteiger partial charge on any atom is -0.420 e. The summed E-state index contributed by atoms with van der Waals surface area (Å²) in [5.41, 5.74) is 10.8. The van der Waals surface area contributed by atoms with Crippen molar-refractivity contribution in [2.24, 2.45) is 15.7 Å². The number of halogens is 4. The Morgan fingerprint density at radius 3 is 1.62 bits per heavy atom. The van der Waals surface area contributed by atoms with Gasteiger partial charge in [0.25, 0.3) is 0 Å². The van der Waals surface area contributed by atoms with Crippen LogP contribution in [0.4, 0.5) is 28.9 Å². The van der Waals surface area contributed by atoms with E-state index in [1.165, 1.54) is 6.07 Å². The van der Waals surface area contributed by atoms with E-state index >= 15 is 0 Å². The molecule has 5 N–H and O–H groups in total. The molecule has 0 atom stereocenters. The second-order valence-electron chi connectivity index (χ2n) is 20.8. The highest BCUT2D eigenvalue weighted by Gasteiger charge is 2.24. The highest BCUT2D eigenvalue weighted by Crippen LogP contribution is 2.33. The van der Waals surface area contributed by atoms with Gasteiger partial charge in [-0.25, -0.2) is 26.9 Å². The smallest absolute Gasteiger partial charge is 0.313 e. The van der Waals surface area contributed by atoms with Crippen molar-refractivity contribution in [2.75, 3.05) is 197 Å². The molecule has 0 bridgehead atoms. The first kappa shape index (κ1) is 79.6. The van der Waals surface area contributed by atoms with Crippen molar-refractivity contribution in [3.05, 3.63) is 113 Å². The normalized spacial score (nSPS) is 12.4. The minimum atomic E-state index is -3.88. The Hall–Kier alpha value is -7.06. The van der Waals surface area contributed by atoms with E-state index in [0.29, 0.717) is 172 Å². The quantitative estimate of drug-likeness (QED) is 0.00677. The summed E-state index contributed by atoms with van der Waals surface area (Å²) in [7, 11) is -3.88. The molecule has 1 aliphatic rings. The van der Waals surface area contributed by atoms with Gasteiger partial charge in [0.1, 0.15) is 5.84 Å². The van der Waals surface area contributed by atoms with Crippen LogP contribution in [0.1, 0.15) is 50.7 Å². The average Bonchev–Trinajstić information content (AvgIpc) is 1.38. The van der Waals surface area contributed by atoms with E-state index in [4.69, 9.17) is 62.6 Å². The molecule has 530 valence electrons. The van der Waals surface area contributed by atoms with E-state index < -0.39 is 51.4 Å². The Kier molecular flexibility index (Phi) is 39.6. The summed E-state index contributed by atoms with van der Waals surface area (Å²) >= 11 is 0. The minimum absolute atomic E-state index is 0.0123. The van der Waals surface area contributed by atoms with Crippen molar-refractivity contribution in [1.29, 1.82) is 5.26 Å². The summed E-state index contributed by atoms with van der Waals surface area (Å²) < 4.78 is 154. The maximum absolute atomic E-state index is 13.6. The van der Waals surface area contributed by atoms with Crippen molar-refractivity contribution in [1.82, 2.24) is 14.9 Å². The molecule has 0 saturated carbocycles. The van der Waals surface area contributed by atoms with Crippen molar-refractivity contribution in [2.45, 2.75) is 44.4 Å². The van der Waals surface area contributed by atoms with Gasteiger partial charge in [-0.05, 0) is 66.4 Å². The number of fused-ring (bicyclic) bond motifs is 1. The Morgan fingerprint density at radius 2 is 1.09 bits per heavy atom. The molecule has 5 rings (SSSR count). The lowest BCUT2D eigenvalue weighted by Gasteiger charge is -2.22. The Bertz CT molecular complexity index is 3170. The van der Waals surface area contributed by atoms with Gasteiger partial charge in [-0.3, -0.25) is 14.6 Å². The zero-order chi connectivity index (χ0) is 68.9. The molecule has 1 aliphatic heterocycles. The maximum atomic E-state index is 13.6. The third-order valence-electron chi connectivity index (χ3n) is 13.3. The largest absolute Gasteiger partial charge is 0.420 e. The fourth-order valence-electron chi connectivity index (χ4n) is 8.71. The van der Waals surface area contributed by atoms with Gasteiger partial charge in [0.05, 0.1) is 194 Å². The summed E-state index contributed by atoms with van der Waals surface area (Å²) in [6.45, 7) is 13.6. The molecule has 0 radical (unpaired) electrons. The first-order valence-electron chi connectivity index (χ1n) is 31.8. The van der Waals surface area contributed by atoms with Gasteiger partial charge in [0, 0.05) is 55.5 Å². The Balaban J connectivity index is 0.801. The summed E-state index contributed by atoms with van der Waals surface area (Å²) in [5.74, 6) is -8.82. The number of hydrogen-bond acceptors (Lipinski definition) is 21. The van der Waals surface area contributed by atoms with Crippen LogP contribution >= 0.6 is 0 Å². The molecule has 1 amide bonds. The van der Waals surface area contributed by atoms with E-state index in [1.54, 1.807) is 30.3 Å². The fourth-order valence-corrected chi connectivity index (χ4v) is 9.77. The topological polar surface area (TPSA) is 302 Å². The fraction of sp³-hybridized carbons (Fsp3) is 0.530. The molecular weight excluding hydrogens is 1280 g/mol. The highest BCUT2D eigenvalue weighted by molar-refractivity contribution is 7.89. The number of amides is 1. The van der Waals surface area contributed by atoms with Gasteiger partial charge in [-0.1, -0.05) is 44.2 Å². The molecule has 1 heterocycles. The third kappa shape index (κ3) is 31.9. The lowest BCUT2D eigenvalue weighted by Crippen LogP contribution is -2.34. The highest BCUT2D eigenvalue weighted by atomic mass is 32.2. The predicted octanol–water partition coefficient (Wildman–Crippen LogP) is 6.74. The second-order valence-corrected chi connectivity index (χ2v) is 22.6. The molecule has 0 fully saturated rings. The molecule has 0 aromatic heterocycles. The molecular formula is C66H90F4N8O17S. The Morgan fingerprint density at radius 1 is 0.604 bits per heavy atom. The van der Waals surface area contributed by atoms with Crippen molar-refractivity contribution < 1.29 is 97.1 Å². The number of rotatable bonds is 52. The second kappa shape index (κ2) is 47.8. The SMILES string of the molecule is CCCN(CCC)C(=O)C1=Cc2ccc(-c3cccc(S(=O)(=O)NCCOCCOCCN=C(NCCOCCOCCOCCOCCOCCOCCOCCOCCOCCOCCC(=O)Oc4c(F)c(F)cc(F)c4F)Nc4cccc(C#N)c4)c3)cc2N=C(N)C1. The van der Waals surface area contributed by atoms with Crippen LogP contribution in [0.5, 0.6) is 5.75 Å². The van der Waals surface area contributed by atoms with Crippen LogP contribution in [-0.2, 0) is 76.5 Å². The lowest BCUT2D eigenvalue weighted by atomic mass is 10.0. The van der Waals surface area contributed by atoms with Gasteiger partial charge in [-0.2, -0.15) is 14.0 Å². The van der Waals surface area contributed by atoms with Crippen molar-refractivity contribution in [3.8, 4) is 22.9 Å². The average molecular weight is 1380 g/mol. The molecule has 4 aromatic carbocycles. The molecule has 4 aromatic rings. The number of nitriles is 1. The number of carbonyl (C=O) groups excluding carboxylic acids is 2. The Labute approximate surface area is 558 Å². The molecule has 0 spiro atoms. The van der Waals surface area contributed by atoms with E-state index in [0.717, 1.165) is 24.0 Å². The summed E-state index contributed by atoms with van der Waals surface area (Å²) in [6.07, 6.45) is 3.37. The first-order valence-corrected chi connectivity index (χ1v) is 33.3. The number of carbonyl (C=O) groups is 2. The molecule has 0 unspecified atom stereocenters. The summed E-state index contributed by atoms with van der Waals surface area (Å²) in [4.78, 5) is 36.3. The zero-order valence-corrected chi connectivity index (χ0v) is 55.4. The van der Waals surface area contributed by atoms with Crippen LogP contribution in [0.2, 0.25) is 0 Å². The number of nitrogens with one attached hydrogen (secondary N) is 3. The van der Waals surface area contributed by atoms with Gasteiger partial charge in [-0.15, -0.1) is 0 Å². The number of esters is 1. The number of sulfonamides is 1. The van der Waals surface area contributed by atoms with Gasteiger partial charge in [0.15, 0.2) is 17.6 Å². The van der Waals surface area contributed by atoms with E-state index in [1.807, 2.05) is 55.2 Å². The number of guanidine groups is 1. The number of nitrogens with zero attached hydrogens (tertiary/aromatic N) is 4. The van der Waals surface area contributed by atoms with E-state index in [2.05, 4.69) is 36.1 Å². The number of ether oxygens (including phenoxy) is 13. The third-order valence-corrected chi connectivity index (χ3v) is 14.8. The van der Waals surface area contributed by atoms with Crippen LogP contribution in [0, 0.1) is 34.6 Å². The molecule has 30 heteroatoms. The standard InChI is InChI=1S/C66H90F4N8O17S/c1-3-17-78(18-4-2)65(80)54-44-53-12-11-52(46-59(53)77-60(72)47-54)51-8-6-10-56(45-51)96(81,82)75-16-22-86-25-24-84-20-14-73-66(76-55-9-5-7-50(43-55)49-71)74-15-21-85-26-28-88-30-32-90-34-36-92-38-40-94-42-41-93-39-37-91-35-33-89-31-29-87-27-23-83-19-13-61(79)95-64-62(69)57(67)48-58(68)63(64)70/h5-12,43-46,48,75H,3-4,13-42,47H2,1-2H3,(H2,72,77)(H2,73,74,76). The molecule has 25 nitrogen and oxygen atoms in total. The maximum Gasteiger partial charge on any atom is 0.313 e. The van der Waals surface area contributed by atoms with Crippen LogP contribution in [0.15, 0.2) is 93.2 Å². The van der Waals surface area contributed by atoms with Gasteiger partial charge >= 0.3 is 5.97 Å². The number of aliphatic imine (C=N–C) groups is 2. The van der Waals surface area contributed by atoms with Crippen LogP contribution in [0.3, 0.4) is 0 Å². The summed E-state index contributed by atoms with van der Waals surface area (Å²) in [6, 6.07) is 21.4. The van der Waals surface area contributed by atoms with Gasteiger partial charge < -0.3 is 82.8 Å². The van der Waals surface area contributed by atoms with Crippen molar-refractivity contribution >= 4 is 51.1 Å². The number of hydrogen-bond donors (Lipinski definition) is 4. The van der Waals surface area contributed by atoms with E-state index in [9.17, 15) is 40.8 Å². The monoisotopic (exact) mass is 1370 g/mol. The molecule has 0 aliphatic carbocycles. The van der Waals surface area contributed by atoms with Gasteiger partial charge in [0.2, 0.25) is 33.3 Å². The van der Waals surface area contributed by atoms with E-state index in [-0.39, 0.29) is 82.7 Å². The van der Waals surface area contributed by atoms with Crippen LogP contribution in [0.25, 0.3) is 17.2 Å². The zero-order valence-electron chi connectivity index (χ0n) is 54.6. The summed E-state index contributed by atoms with van der Waals surface area (Å²) in [5, 5.41) is 15.8. The van der Waals surface area contributed by atoms with Crippen LogP contribution in [-0.4, -0.2) is 228 Å². The number of anilines is 1. The number of amidine groups is 1. The first-order chi connectivity index (χ1) is 46.7. The number of benzene rings is 4. The lowest BCUT2D eigenvalue weighted by molar-refractivity contribution is -0.136. The van der Waals surface area contributed by atoms with Crippen LogP contribution < -0.4 is 25.8 Å². The number of nitrogens with two attached hydrogens (primary N) is 1.